The number of aromatic nitrogens is 2. The third kappa shape index (κ3) is 4.41. The minimum absolute atomic E-state index is 0.273. The van der Waals surface area contributed by atoms with E-state index in [0.717, 1.165) is 34.2 Å². The lowest BCUT2D eigenvalue weighted by Gasteiger charge is -2.20. The molecule has 0 aromatic carbocycles. The summed E-state index contributed by atoms with van der Waals surface area (Å²) in [6.45, 7) is 4.05. The number of nitrogens with one attached hydrogen (secondary N) is 2. The van der Waals surface area contributed by atoms with Gasteiger partial charge in [0.2, 0.25) is 0 Å². The summed E-state index contributed by atoms with van der Waals surface area (Å²) in [5.74, 6) is 0.743. The number of aryl methyl sites for hydroxylation is 2. The molecule has 0 saturated carbocycles. The molecule has 30 heavy (non-hydrogen) atoms. The second kappa shape index (κ2) is 8.92. The molecule has 0 radical (unpaired) electrons. The molecule has 0 aliphatic carbocycles. The number of rotatable bonds is 7. The molecule has 1 amide bonds. The number of amides is 1. The lowest BCUT2D eigenvalue weighted by molar-refractivity contribution is 0.0997. The zero-order valence-corrected chi connectivity index (χ0v) is 17.6. The molecule has 152 valence electrons. The maximum atomic E-state index is 12.6. The SMILES string of the molecule is CCc1cc([C@H](Nc2cccc(C)n2)c2ccccn2)c(NC(=O)c2ccco2)s1. The predicted octanol–water partition coefficient (Wildman–Crippen LogP) is 5.46. The van der Waals surface area contributed by atoms with Crippen LogP contribution in [0.4, 0.5) is 10.8 Å². The van der Waals surface area contributed by atoms with Crippen LogP contribution < -0.4 is 10.6 Å². The second-order valence-corrected chi connectivity index (χ2v) is 7.92. The van der Waals surface area contributed by atoms with Crippen molar-refractivity contribution in [2.24, 2.45) is 0 Å². The number of hydrogen-bond donors (Lipinski definition) is 2. The fraction of sp³-hybridized carbons (Fsp3) is 0.174. The van der Waals surface area contributed by atoms with Crippen LogP contribution in [0.2, 0.25) is 0 Å². The average Bonchev–Trinajstić information content (AvgIpc) is 3.43. The Hall–Kier alpha value is -3.45. The molecule has 0 fully saturated rings. The minimum atomic E-state index is -0.279. The van der Waals surface area contributed by atoms with E-state index < -0.39 is 0 Å². The van der Waals surface area contributed by atoms with Crippen molar-refractivity contribution in [3.63, 3.8) is 0 Å². The molecular formula is C23H22N4O2S. The van der Waals surface area contributed by atoms with E-state index in [4.69, 9.17) is 4.42 Å². The van der Waals surface area contributed by atoms with Crippen molar-refractivity contribution in [3.8, 4) is 0 Å². The molecule has 4 heterocycles. The monoisotopic (exact) mass is 418 g/mol. The normalized spacial score (nSPS) is 11.8. The van der Waals surface area contributed by atoms with Crippen molar-refractivity contribution in [1.29, 1.82) is 0 Å². The smallest absolute Gasteiger partial charge is 0.291 e. The molecule has 0 bridgehead atoms. The molecule has 0 aliphatic rings. The molecule has 1 atom stereocenters. The third-order valence-corrected chi connectivity index (χ3v) is 5.82. The van der Waals surface area contributed by atoms with E-state index in [0.29, 0.717) is 0 Å². The molecule has 4 rings (SSSR count). The number of hydrogen-bond acceptors (Lipinski definition) is 6. The molecule has 4 aromatic heterocycles. The number of thiophene rings is 1. The number of anilines is 2. The van der Waals surface area contributed by atoms with Gasteiger partial charge >= 0.3 is 0 Å². The van der Waals surface area contributed by atoms with Gasteiger partial charge in [-0.25, -0.2) is 4.98 Å². The quantitative estimate of drug-likeness (QED) is 0.417. The van der Waals surface area contributed by atoms with Crippen LogP contribution in [0.25, 0.3) is 0 Å². The third-order valence-electron chi connectivity index (χ3n) is 4.61. The van der Waals surface area contributed by atoms with Crippen molar-refractivity contribution in [3.05, 3.63) is 94.6 Å². The van der Waals surface area contributed by atoms with Crippen LogP contribution in [0.5, 0.6) is 0 Å². The molecule has 2 N–H and O–H groups in total. The highest BCUT2D eigenvalue weighted by Gasteiger charge is 2.24. The first-order valence-electron chi connectivity index (χ1n) is 9.72. The number of nitrogens with zero attached hydrogens (tertiary/aromatic N) is 2. The molecule has 0 unspecified atom stereocenters. The summed E-state index contributed by atoms with van der Waals surface area (Å²) in [5.41, 5.74) is 2.71. The van der Waals surface area contributed by atoms with Gasteiger partial charge in [0, 0.05) is 22.3 Å². The van der Waals surface area contributed by atoms with Gasteiger partial charge in [0.1, 0.15) is 10.8 Å². The molecule has 4 aromatic rings. The van der Waals surface area contributed by atoms with E-state index in [2.05, 4.69) is 33.6 Å². The van der Waals surface area contributed by atoms with E-state index >= 15 is 0 Å². The van der Waals surface area contributed by atoms with E-state index in [1.807, 2.05) is 43.3 Å². The fourth-order valence-corrected chi connectivity index (χ4v) is 4.18. The summed E-state index contributed by atoms with van der Waals surface area (Å²) in [5, 5.41) is 7.28. The Morgan fingerprint density at radius 3 is 2.77 bits per heavy atom. The van der Waals surface area contributed by atoms with Crippen LogP contribution in [-0.4, -0.2) is 15.9 Å². The first-order chi connectivity index (χ1) is 14.6. The molecule has 7 heteroatoms. The standard InChI is InChI=1S/C23H22N4O2S/c1-3-16-14-17(23(30-16)27-22(28)19-10-7-13-29-19)21(18-9-4-5-12-24-18)26-20-11-6-8-15(2)25-20/h4-14,21H,3H2,1-2H3,(H,25,26)(H,27,28)/t21-/m0/s1. The fourth-order valence-electron chi connectivity index (χ4n) is 3.15. The van der Waals surface area contributed by atoms with Crippen molar-refractivity contribution in [1.82, 2.24) is 9.97 Å². The van der Waals surface area contributed by atoms with Gasteiger partial charge in [0.15, 0.2) is 5.76 Å². The maximum Gasteiger partial charge on any atom is 0.291 e. The zero-order chi connectivity index (χ0) is 20.9. The van der Waals surface area contributed by atoms with Gasteiger partial charge in [0.05, 0.1) is 18.0 Å². The maximum absolute atomic E-state index is 12.6. The first-order valence-corrected chi connectivity index (χ1v) is 10.5. The topological polar surface area (TPSA) is 80.0 Å². The van der Waals surface area contributed by atoms with Crippen molar-refractivity contribution >= 4 is 28.1 Å². The van der Waals surface area contributed by atoms with Crippen LogP contribution in [0.3, 0.4) is 0 Å². The van der Waals surface area contributed by atoms with Crippen molar-refractivity contribution in [2.45, 2.75) is 26.3 Å². The van der Waals surface area contributed by atoms with Crippen molar-refractivity contribution in [2.75, 3.05) is 10.6 Å². The van der Waals surface area contributed by atoms with E-state index in [9.17, 15) is 4.79 Å². The predicted molar refractivity (Wildman–Crippen MR) is 119 cm³/mol. The second-order valence-electron chi connectivity index (χ2n) is 6.78. The summed E-state index contributed by atoms with van der Waals surface area (Å²) >= 11 is 1.56. The Balaban J connectivity index is 1.74. The van der Waals surface area contributed by atoms with Gasteiger partial charge in [-0.3, -0.25) is 9.78 Å². The lowest BCUT2D eigenvalue weighted by atomic mass is 10.0. The van der Waals surface area contributed by atoms with Gasteiger partial charge in [-0.1, -0.05) is 19.1 Å². The van der Waals surface area contributed by atoms with Crippen LogP contribution >= 0.6 is 11.3 Å². The van der Waals surface area contributed by atoms with Crippen LogP contribution in [0.1, 0.15) is 45.3 Å². The first kappa shape index (κ1) is 19.8. The summed E-state index contributed by atoms with van der Waals surface area (Å²) in [7, 11) is 0. The van der Waals surface area contributed by atoms with E-state index in [1.165, 1.54) is 11.1 Å². The number of pyridine rings is 2. The van der Waals surface area contributed by atoms with E-state index in [-0.39, 0.29) is 17.7 Å². The van der Waals surface area contributed by atoms with Gasteiger partial charge in [-0.2, -0.15) is 0 Å². The Labute approximate surface area is 179 Å². The zero-order valence-electron chi connectivity index (χ0n) is 16.8. The molecule has 0 spiro atoms. The average molecular weight is 419 g/mol. The van der Waals surface area contributed by atoms with Gasteiger partial charge < -0.3 is 15.1 Å². The molecule has 0 aliphatic heterocycles. The van der Waals surface area contributed by atoms with Gasteiger partial charge in [0.25, 0.3) is 5.91 Å². The number of carbonyl (C=O) groups is 1. The summed E-state index contributed by atoms with van der Waals surface area (Å²) in [6.07, 6.45) is 4.12. The van der Waals surface area contributed by atoms with E-state index in [1.54, 1.807) is 29.7 Å². The van der Waals surface area contributed by atoms with Gasteiger partial charge in [-0.05, 0) is 55.8 Å². The number of furan rings is 1. The molecular weight excluding hydrogens is 396 g/mol. The minimum Gasteiger partial charge on any atom is -0.459 e. The van der Waals surface area contributed by atoms with Crippen LogP contribution in [0.15, 0.2) is 71.5 Å². The summed E-state index contributed by atoms with van der Waals surface area (Å²) in [4.78, 5) is 23.0. The van der Waals surface area contributed by atoms with Crippen LogP contribution in [0, 0.1) is 6.92 Å². The largest absolute Gasteiger partial charge is 0.459 e. The number of carbonyl (C=O) groups excluding carboxylic acids is 1. The summed E-state index contributed by atoms with van der Waals surface area (Å²) in [6, 6.07) is 16.8. The highest BCUT2D eigenvalue weighted by molar-refractivity contribution is 7.16. The highest BCUT2D eigenvalue weighted by Crippen LogP contribution is 2.37. The van der Waals surface area contributed by atoms with Crippen molar-refractivity contribution < 1.29 is 9.21 Å². The van der Waals surface area contributed by atoms with Gasteiger partial charge in [-0.15, -0.1) is 11.3 Å². The van der Waals surface area contributed by atoms with Crippen LogP contribution in [-0.2, 0) is 6.42 Å². The Morgan fingerprint density at radius 1 is 1.17 bits per heavy atom. The molecule has 0 saturated heterocycles. The molecule has 6 nitrogen and oxygen atoms in total. The Kier molecular flexibility index (Phi) is 5.90. The summed E-state index contributed by atoms with van der Waals surface area (Å²) < 4.78 is 5.25. The lowest BCUT2D eigenvalue weighted by Crippen LogP contribution is -2.17. The Morgan fingerprint density at radius 2 is 2.07 bits per heavy atom. The highest BCUT2D eigenvalue weighted by atomic mass is 32.1. The Bertz CT molecular complexity index is 1120.